The second kappa shape index (κ2) is 30.4. The van der Waals surface area contributed by atoms with Crippen LogP contribution in [0, 0.1) is 0 Å². The molecule has 0 spiro atoms. The maximum Gasteiger partial charge on any atom is 0.342 e. The Hall–Kier alpha value is -1.16. The van der Waals surface area contributed by atoms with Crippen molar-refractivity contribution in [2.24, 2.45) is 0 Å². The first kappa shape index (κ1) is 36.8. The fraction of sp³-hybridized carbons (Fsp3) is 0.882. The molecule has 0 radical (unpaired) electrons. The minimum Gasteiger partial charge on any atom is -0.391 e. The lowest BCUT2D eigenvalue weighted by Crippen LogP contribution is -2.28. The third kappa shape index (κ3) is 26.4. The zero-order valence-electron chi connectivity index (χ0n) is 25.7. The molecule has 0 saturated heterocycles. The molecule has 0 saturated carbocycles. The van der Waals surface area contributed by atoms with E-state index >= 15 is 0 Å². The van der Waals surface area contributed by atoms with Gasteiger partial charge in [0.05, 0.1) is 0 Å². The van der Waals surface area contributed by atoms with Crippen molar-refractivity contribution in [3.8, 4) is 0 Å². The van der Waals surface area contributed by atoms with Crippen LogP contribution in [0.25, 0.3) is 0 Å². The first-order chi connectivity index (χ1) is 18.7. The third-order valence-electron chi connectivity index (χ3n) is 7.31. The lowest BCUT2D eigenvalue weighted by atomic mass is 10.0. The van der Waals surface area contributed by atoms with Gasteiger partial charge in [0, 0.05) is 13.0 Å². The van der Waals surface area contributed by atoms with Crippen molar-refractivity contribution in [3.63, 3.8) is 0 Å². The number of rotatable bonds is 29. The fourth-order valence-electron chi connectivity index (χ4n) is 4.86. The van der Waals surface area contributed by atoms with Gasteiger partial charge in [0.1, 0.15) is 0 Å². The molecule has 0 fully saturated rings. The Morgan fingerprint density at radius 3 is 1.45 bits per heavy atom. The van der Waals surface area contributed by atoms with Crippen LogP contribution in [0.2, 0.25) is 0 Å². The maximum absolute atomic E-state index is 12.4. The predicted octanol–water partition coefficient (Wildman–Crippen LogP) is 10.8. The van der Waals surface area contributed by atoms with E-state index in [0.717, 1.165) is 38.5 Å². The summed E-state index contributed by atoms with van der Waals surface area (Å²) in [5, 5.41) is 0. The molecule has 0 aliphatic carbocycles. The van der Waals surface area contributed by atoms with Gasteiger partial charge in [0.15, 0.2) is 6.10 Å². The highest BCUT2D eigenvalue weighted by Gasteiger charge is 2.22. The molecule has 0 aromatic heterocycles. The predicted molar refractivity (Wildman–Crippen MR) is 162 cm³/mol. The Morgan fingerprint density at radius 1 is 0.553 bits per heavy atom. The van der Waals surface area contributed by atoms with E-state index in [4.69, 9.17) is 9.47 Å². The van der Waals surface area contributed by atoms with E-state index in [-0.39, 0.29) is 0 Å². The van der Waals surface area contributed by atoms with Gasteiger partial charge in [0.2, 0.25) is 0 Å². The second-order valence-electron chi connectivity index (χ2n) is 11.0. The Labute approximate surface area is 237 Å². The van der Waals surface area contributed by atoms with Crippen LogP contribution in [-0.4, -0.2) is 24.6 Å². The number of allylic oxidation sites excluding steroid dienone is 2. The van der Waals surface area contributed by atoms with Crippen LogP contribution in [0.3, 0.4) is 0 Å². The lowest BCUT2D eigenvalue weighted by molar-refractivity contribution is -0.168. The monoisotopic (exact) mass is 536 g/mol. The molecule has 38 heavy (non-hydrogen) atoms. The topological polar surface area (TPSA) is 52.6 Å². The average molecular weight is 537 g/mol. The van der Waals surface area contributed by atoms with Crippen LogP contribution in [0.15, 0.2) is 12.2 Å². The quantitative estimate of drug-likeness (QED) is 0.0413. The van der Waals surface area contributed by atoms with Crippen molar-refractivity contribution in [1.82, 2.24) is 0 Å². The molecule has 0 aromatic rings. The summed E-state index contributed by atoms with van der Waals surface area (Å²) >= 11 is 0. The fourth-order valence-corrected chi connectivity index (χ4v) is 4.86. The van der Waals surface area contributed by atoms with E-state index in [2.05, 4.69) is 26.0 Å². The molecule has 0 aliphatic rings. The summed E-state index contributed by atoms with van der Waals surface area (Å²) in [6.07, 6.45) is 33.5. The largest absolute Gasteiger partial charge is 0.391 e. The molecule has 0 N–H and O–H groups in total. The van der Waals surface area contributed by atoms with E-state index in [9.17, 15) is 9.59 Å². The number of carbonyl (C=O) groups is 2. The summed E-state index contributed by atoms with van der Waals surface area (Å²) in [4.78, 5) is 24.6. The molecule has 1 atom stereocenters. The van der Waals surface area contributed by atoms with Gasteiger partial charge in [0.25, 0.3) is 0 Å². The molecule has 1 unspecified atom stereocenters. The Morgan fingerprint density at radius 2 is 0.974 bits per heavy atom. The molecule has 0 rings (SSSR count). The molecule has 4 nitrogen and oxygen atoms in total. The van der Waals surface area contributed by atoms with Crippen LogP contribution in [0.5, 0.6) is 0 Å². The molecule has 0 aliphatic heterocycles. The second-order valence-corrected chi connectivity index (χ2v) is 11.0. The van der Waals surface area contributed by atoms with Crippen LogP contribution >= 0.6 is 0 Å². The molecule has 4 heteroatoms. The maximum atomic E-state index is 12.4. The minimum atomic E-state index is -0.605. The van der Waals surface area contributed by atoms with Crippen molar-refractivity contribution < 1.29 is 19.1 Å². The number of unbranched alkanes of at least 4 members (excludes halogenated alkanes) is 20. The Bertz CT molecular complexity index is 543. The van der Waals surface area contributed by atoms with E-state index in [1.165, 1.54) is 109 Å². The average Bonchev–Trinajstić information content (AvgIpc) is 2.91. The van der Waals surface area contributed by atoms with E-state index in [1.54, 1.807) is 0 Å². The van der Waals surface area contributed by atoms with Gasteiger partial charge >= 0.3 is 11.9 Å². The van der Waals surface area contributed by atoms with Crippen molar-refractivity contribution in [2.45, 2.75) is 187 Å². The summed E-state index contributed by atoms with van der Waals surface area (Å²) in [5.74, 6) is -0.902. The zero-order valence-corrected chi connectivity index (χ0v) is 25.7. The standard InChI is InChI=1S/C34H64O4/c1-4-7-9-11-13-15-17-18-19-20-21-23-25-27-29-31-33(35)38-34(36)32(37-6-3)30-28-26-24-22-16-14-12-10-8-5-2/h18-19,32H,4-17,20-31H2,1-3H3/b19-18-. The van der Waals surface area contributed by atoms with E-state index in [1.807, 2.05) is 6.92 Å². The summed E-state index contributed by atoms with van der Waals surface area (Å²) < 4.78 is 10.7. The SMILES string of the molecule is CCCCCCCC/C=C\CCCCCCCC(=O)OC(=O)C(CCCCCCCCCCCC)OCC. The van der Waals surface area contributed by atoms with Crippen LogP contribution in [0.4, 0.5) is 0 Å². The molecule has 0 amide bonds. The van der Waals surface area contributed by atoms with Gasteiger partial charge in [-0.05, 0) is 45.4 Å². The number of hydrogen-bond donors (Lipinski definition) is 0. The van der Waals surface area contributed by atoms with Gasteiger partial charge < -0.3 is 9.47 Å². The summed E-state index contributed by atoms with van der Waals surface area (Å²) in [6.45, 7) is 6.85. The van der Waals surface area contributed by atoms with Gasteiger partial charge in [-0.25, -0.2) is 4.79 Å². The smallest absolute Gasteiger partial charge is 0.342 e. The van der Waals surface area contributed by atoms with Gasteiger partial charge in [-0.1, -0.05) is 142 Å². The van der Waals surface area contributed by atoms with Crippen molar-refractivity contribution in [3.05, 3.63) is 12.2 Å². The van der Waals surface area contributed by atoms with E-state index < -0.39 is 18.0 Å². The van der Waals surface area contributed by atoms with Crippen LogP contribution in [0.1, 0.15) is 181 Å². The molecule has 0 heterocycles. The van der Waals surface area contributed by atoms with Gasteiger partial charge in [-0.15, -0.1) is 0 Å². The van der Waals surface area contributed by atoms with Crippen molar-refractivity contribution in [2.75, 3.05) is 6.61 Å². The highest BCUT2D eigenvalue weighted by molar-refractivity contribution is 5.87. The Kier molecular flexibility index (Phi) is 29.5. The van der Waals surface area contributed by atoms with Crippen LogP contribution < -0.4 is 0 Å². The summed E-state index contributed by atoms with van der Waals surface area (Å²) in [7, 11) is 0. The highest BCUT2D eigenvalue weighted by Crippen LogP contribution is 2.15. The van der Waals surface area contributed by atoms with Crippen molar-refractivity contribution >= 4 is 11.9 Å². The lowest BCUT2D eigenvalue weighted by Gasteiger charge is -2.15. The highest BCUT2D eigenvalue weighted by atomic mass is 16.6. The molecular weight excluding hydrogens is 472 g/mol. The Balaban J connectivity index is 3.70. The van der Waals surface area contributed by atoms with Crippen LogP contribution in [-0.2, 0) is 19.1 Å². The zero-order chi connectivity index (χ0) is 27.9. The summed E-state index contributed by atoms with van der Waals surface area (Å²) in [5.41, 5.74) is 0. The van der Waals surface area contributed by atoms with E-state index in [0.29, 0.717) is 19.4 Å². The summed E-state index contributed by atoms with van der Waals surface area (Å²) in [6, 6.07) is 0. The number of ether oxygens (including phenoxy) is 2. The molecule has 0 bridgehead atoms. The van der Waals surface area contributed by atoms with Gasteiger partial charge in [-0.3, -0.25) is 4.79 Å². The molecule has 0 aromatic carbocycles. The number of hydrogen-bond acceptors (Lipinski definition) is 4. The van der Waals surface area contributed by atoms with Crippen molar-refractivity contribution in [1.29, 1.82) is 0 Å². The number of carbonyl (C=O) groups excluding carboxylic acids is 2. The normalized spacial score (nSPS) is 12.3. The molecule has 224 valence electrons. The minimum absolute atomic E-state index is 0.320. The first-order valence-electron chi connectivity index (χ1n) is 16.7. The molecular formula is C34H64O4. The third-order valence-corrected chi connectivity index (χ3v) is 7.31. The first-order valence-corrected chi connectivity index (χ1v) is 16.7. The van der Waals surface area contributed by atoms with Gasteiger partial charge in [-0.2, -0.15) is 0 Å². The number of esters is 2.